The fourth-order valence-corrected chi connectivity index (χ4v) is 2.03. The van der Waals surface area contributed by atoms with E-state index < -0.39 is 0 Å². The summed E-state index contributed by atoms with van der Waals surface area (Å²) in [6.07, 6.45) is 1.88. The zero-order valence-electron chi connectivity index (χ0n) is 15.2. The number of rotatable bonds is 10. The number of carbonyl (C=O) groups is 1. The van der Waals surface area contributed by atoms with Crippen molar-refractivity contribution in [1.82, 2.24) is 5.32 Å². The van der Waals surface area contributed by atoms with Crippen molar-refractivity contribution in [1.29, 1.82) is 0 Å². The molecule has 21 heavy (non-hydrogen) atoms. The third-order valence-corrected chi connectivity index (χ3v) is 3.30. The van der Waals surface area contributed by atoms with Crippen LogP contribution in [0.15, 0.2) is 0 Å². The lowest BCUT2D eigenvalue weighted by Gasteiger charge is -2.31. The molecule has 4 nitrogen and oxygen atoms in total. The summed E-state index contributed by atoms with van der Waals surface area (Å²) in [5.74, 6) is 0.125. The average Bonchev–Trinajstić information content (AvgIpc) is 2.25. The molecule has 0 aromatic carbocycles. The predicted molar refractivity (Wildman–Crippen MR) is 87.4 cm³/mol. The van der Waals surface area contributed by atoms with Gasteiger partial charge in [0, 0.05) is 12.5 Å². The maximum absolute atomic E-state index is 11.5. The molecule has 1 amide bonds. The van der Waals surface area contributed by atoms with Crippen LogP contribution >= 0.6 is 0 Å². The fourth-order valence-electron chi connectivity index (χ4n) is 2.03. The number of nitrogens with one attached hydrogen (secondary N) is 1. The minimum absolute atomic E-state index is 0.0306. The zero-order chi connectivity index (χ0) is 16.7. The Kier molecular flexibility index (Phi) is 8.49. The van der Waals surface area contributed by atoms with Crippen LogP contribution in [0.5, 0.6) is 0 Å². The normalized spacial score (nSPS) is 13.0. The second kappa shape index (κ2) is 8.74. The van der Waals surface area contributed by atoms with Gasteiger partial charge < -0.3 is 14.8 Å². The molecule has 0 aliphatic heterocycles. The van der Waals surface area contributed by atoms with E-state index in [0.717, 1.165) is 12.8 Å². The Balaban J connectivity index is 3.99. The maximum atomic E-state index is 11.5. The van der Waals surface area contributed by atoms with E-state index in [1.165, 1.54) is 0 Å². The topological polar surface area (TPSA) is 47.6 Å². The highest BCUT2D eigenvalue weighted by atomic mass is 16.5. The molecule has 126 valence electrons. The third-order valence-electron chi connectivity index (χ3n) is 3.30. The molecular weight excluding hydrogens is 266 g/mol. The van der Waals surface area contributed by atoms with E-state index in [4.69, 9.17) is 9.47 Å². The van der Waals surface area contributed by atoms with Gasteiger partial charge in [-0.2, -0.15) is 0 Å². The first-order chi connectivity index (χ1) is 9.45. The van der Waals surface area contributed by atoms with E-state index in [1.807, 2.05) is 27.7 Å². The largest absolute Gasteiger partial charge is 0.375 e. The summed E-state index contributed by atoms with van der Waals surface area (Å²) in [7, 11) is 0. The van der Waals surface area contributed by atoms with E-state index in [9.17, 15) is 4.79 Å². The molecule has 0 aliphatic carbocycles. The highest BCUT2D eigenvalue weighted by Crippen LogP contribution is 2.20. The Morgan fingerprint density at radius 3 is 2.05 bits per heavy atom. The smallest absolute Gasteiger partial charge is 0.222 e. The van der Waals surface area contributed by atoms with Gasteiger partial charge in [0.25, 0.3) is 0 Å². The molecule has 0 rings (SSSR count). The Labute approximate surface area is 131 Å². The first kappa shape index (κ1) is 20.4. The van der Waals surface area contributed by atoms with Gasteiger partial charge >= 0.3 is 0 Å². The van der Waals surface area contributed by atoms with E-state index in [1.54, 1.807) is 0 Å². The van der Waals surface area contributed by atoms with Gasteiger partial charge in [0.15, 0.2) is 0 Å². The molecule has 0 atom stereocenters. The Hall–Kier alpha value is -0.610. The summed E-state index contributed by atoms with van der Waals surface area (Å²) in [6, 6.07) is 0. The van der Waals surface area contributed by atoms with Crippen molar-refractivity contribution in [2.75, 3.05) is 13.2 Å². The zero-order valence-corrected chi connectivity index (χ0v) is 15.2. The van der Waals surface area contributed by atoms with E-state index in [-0.39, 0.29) is 29.1 Å². The van der Waals surface area contributed by atoms with Crippen LogP contribution in [0, 0.1) is 5.92 Å². The Bertz CT molecular complexity index is 309. The molecule has 0 radical (unpaired) electrons. The quantitative estimate of drug-likeness (QED) is 0.671. The van der Waals surface area contributed by atoms with Crippen LogP contribution in [0.1, 0.15) is 68.2 Å². The monoisotopic (exact) mass is 301 g/mol. The lowest BCUT2D eigenvalue weighted by molar-refractivity contribution is -0.124. The Morgan fingerprint density at radius 1 is 1.00 bits per heavy atom. The molecule has 0 bridgehead atoms. The van der Waals surface area contributed by atoms with Crippen LogP contribution in [-0.2, 0) is 14.3 Å². The van der Waals surface area contributed by atoms with E-state index in [0.29, 0.717) is 13.2 Å². The summed E-state index contributed by atoms with van der Waals surface area (Å²) in [6.45, 7) is 17.5. The van der Waals surface area contributed by atoms with Gasteiger partial charge in [-0.15, -0.1) is 0 Å². The molecule has 0 aliphatic rings. The van der Waals surface area contributed by atoms with Gasteiger partial charge in [-0.3, -0.25) is 4.79 Å². The predicted octanol–water partition coefficient (Wildman–Crippen LogP) is 3.54. The number of ether oxygens (including phenoxy) is 2. The fraction of sp³-hybridized carbons (Fsp3) is 0.941. The number of amides is 1. The lowest BCUT2D eigenvalue weighted by atomic mass is 10.0. The van der Waals surface area contributed by atoms with Gasteiger partial charge in [-0.1, -0.05) is 13.8 Å². The van der Waals surface area contributed by atoms with Gasteiger partial charge in [-0.05, 0) is 54.4 Å². The van der Waals surface area contributed by atoms with Gasteiger partial charge in [0.2, 0.25) is 5.91 Å². The van der Waals surface area contributed by atoms with Gasteiger partial charge in [0.1, 0.15) is 0 Å². The summed E-state index contributed by atoms with van der Waals surface area (Å²) >= 11 is 0. The summed E-state index contributed by atoms with van der Waals surface area (Å²) in [4.78, 5) is 11.5. The lowest BCUT2D eigenvalue weighted by Crippen LogP contribution is -2.36. The summed E-state index contributed by atoms with van der Waals surface area (Å²) < 4.78 is 11.8. The van der Waals surface area contributed by atoms with Crippen molar-refractivity contribution in [3.8, 4) is 0 Å². The molecule has 1 N–H and O–H groups in total. The summed E-state index contributed by atoms with van der Waals surface area (Å²) in [5.41, 5.74) is -0.408. The molecule has 0 heterocycles. The maximum Gasteiger partial charge on any atom is 0.222 e. The van der Waals surface area contributed by atoms with Crippen LogP contribution in [-0.4, -0.2) is 36.4 Å². The molecule has 0 fully saturated rings. The molecule has 0 saturated carbocycles. The van der Waals surface area contributed by atoms with Crippen molar-refractivity contribution < 1.29 is 14.3 Å². The van der Waals surface area contributed by atoms with Crippen LogP contribution in [0.2, 0.25) is 0 Å². The molecule has 4 heteroatoms. The molecule has 0 spiro atoms. The molecule has 0 aromatic heterocycles. The highest BCUT2D eigenvalue weighted by molar-refractivity contribution is 5.77. The second-order valence-electron chi connectivity index (χ2n) is 7.48. The van der Waals surface area contributed by atoms with Crippen LogP contribution in [0.25, 0.3) is 0 Å². The Morgan fingerprint density at radius 2 is 1.57 bits per heavy atom. The number of carbonyl (C=O) groups excluding carboxylic acids is 1. The molecule has 0 aromatic rings. The number of hydrogen-bond donors (Lipinski definition) is 1. The van der Waals surface area contributed by atoms with Crippen LogP contribution in [0.4, 0.5) is 0 Å². The highest BCUT2D eigenvalue weighted by Gasteiger charge is 2.23. The second-order valence-corrected chi connectivity index (χ2v) is 7.48. The van der Waals surface area contributed by atoms with Crippen molar-refractivity contribution in [3.63, 3.8) is 0 Å². The standard InChI is InChI=1S/C17H35NO3/c1-13(2)15(19)18-11-9-16(5,6)20-12-10-17(7,8)21-14(3)4/h13-14H,9-12H2,1-8H3,(H,18,19). The molecule has 0 unspecified atom stereocenters. The minimum Gasteiger partial charge on any atom is -0.375 e. The molecule has 0 saturated heterocycles. The SMILES string of the molecule is CC(C)OC(C)(C)CCOC(C)(C)CCNC(=O)C(C)C. The first-order valence-corrected chi connectivity index (χ1v) is 8.05. The first-order valence-electron chi connectivity index (χ1n) is 8.05. The molecular formula is C17H35NO3. The van der Waals surface area contributed by atoms with Gasteiger partial charge in [0.05, 0.1) is 23.9 Å². The van der Waals surface area contributed by atoms with Crippen molar-refractivity contribution >= 4 is 5.91 Å². The van der Waals surface area contributed by atoms with Crippen molar-refractivity contribution in [2.24, 2.45) is 5.92 Å². The minimum atomic E-state index is -0.238. The van der Waals surface area contributed by atoms with Gasteiger partial charge in [-0.25, -0.2) is 0 Å². The average molecular weight is 301 g/mol. The van der Waals surface area contributed by atoms with Crippen LogP contribution in [0.3, 0.4) is 0 Å². The van der Waals surface area contributed by atoms with Crippen LogP contribution < -0.4 is 5.32 Å². The van der Waals surface area contributed by atoms with E-state index >= 15 is 0 Å². The van der Waals surface area contributed by atoms with Crippen molar-refractivity contribution in [2.45, 2.75) is 85.5 Å². The van der Waals surface area contributed by atoms with E-state index in [2.05, 4.69) is 33.0 Å². The number of hydrogen-bond acceptors (Lipinski definition) is 3. The third kappa shape index (κ3) is 10.7. The van der Waals surface area contributed by atoms with Crippen molar-refractivity contribution in [3.05, 3.63) is 0 Å². The summed E-state index contributed by atoms with van der Waals surface area (Å²) in [5, 5.41) is 2.93.